The monoisotopic (exact) mass is 240 g/mol. The van der Waals surface area contributed by atoms with Gasteiger partial charge in [0.15, 0.2) is 11.5 Å². The Morgan fingerprint density at radius 2 is 2.00 bits per heavy atom. The molecule has 0 fully saturated rings. The minimum Gasteiger partial charge on any atom is -0.504 e. The highest BCUT2D eigenvalue weighted by Crippen LogP contribution is 2.24. The molecule has 0 bridgehead atoms. The molecule has 4 N–H and O–H groups in total. The number of hydrogen-bond donors (Lipinski definition) is 4. The molecule has 0 saturated carbocycles. The van der Waals surface area contributed by atoms with Crippen LogP contribution in [0.15, 0.2) is 18.2 Å². The Labute approximate surface area is 101 Å². The van der Waals surface area contributed by atoms with Gasteiger partial charge in [-0.1, -0.05) is 6.07 Å². The van der Waals surface area contributed by atoms with Crippen LogP contribution in [0.1, 0.15) is 12.5 Å². The molecule has 0 heterocycles. The first-order chi connectivity index (χ1) is 7.99. The van der Waals surface area contributed by atoms with Gasteiger partial charge >= 0.3 is 0 Å². The number of phenols is 2. The largest absolute Gasteiger partial charge is 0.504 e. The van der Waals surface area contributed by atoms with E-state index in [1.807, 2.05) is 12.1 Å². The Morgan fingerprint density at radius 1 is 1.29 bits per heavy atom. The summed E-state index contributed by atoms with van der Waals surface area (Å²) in [6.07, 6.45) is 0.368. The van der Waals surface area contributed by atoms with Crippen LogP contribution in [0.2, 0.25) is 0 Å². The summed E-state index contributed by atoms with van der Waals surface area (Å²) < 4.78 is 0. The molecule has 5 heteroatoms. The van der Waals surface area contributed by atoms with Gasteiger partial charge in [0.1, 0.15) is 0 Å². The average molecular weight is 240 g/mol. The summed E-state index contributed by atoms with van der Waals surface area (Å²) in [5.74, 6) is -0.198. The van der Waals surface area contributed by atoms with E-state index in [9.17, 15) is 5.11 Å². The fraction of sp³-hybridized carbons (Fsp3) is 0.500. The second-order valence-corrected chi connectivity index (χ2v) is 4.21. The van der Waals surface area contributed by atoms with E-state index < -0.39 is 0 Å². The number of likely N-dealkylation sites (N-methyl/N-ethyl adjacent to an activating group) is 1. The molecular formula is C12H20N2O3. The minimum atomic E-state index is -0.379. The highest BCUT2D eigenvalue weighted by molar-refractivity contribution is 5.40. The molecule has 5 nitrogen and oxygen atoms in total. The van der Waals surface area contributed by atoms with Gasteiger partial charge in [-0.15, -0.1) is 0 Å². The van der Waals surface area contributed by atoms with Crippen molar-refractivity contribution >= 4 is 0 Å². The van der Waals surface area contributed by atoms with Crippen LogP contribution in [-0.4, -0.2) is 46.6 Å². The number of aliphatic hydroxyl groups excluding tert-OH is 1. The SMILES string of the molecule is C[C@H](O)CNN(C)CCc1ccc(O)c(O)c1. The standard InChI is InChI=1S/C12H20N2O3/c1-9(15)8-13-14(2)6-5-10-3-4-11(16)12(17)7-10/h3-4,7,9,13,15-17H,5-6,8H2,1-2H3/t9-/m0/s1. The van der Waals surface area contributed by atoms with Gasteiger partial charge < -0.3 is 15.3 Å². The first-order valence-corrected chi connectivity index (χ1v) is 5.62. The van der Waals surface area contributed by atoms with Crippen molar-refractivity contribution in [2.24, 2.45) is 0 Å². The van der Waals surface area contributed by atoms with Gasteiger partial charge in [-0.2, -0.15) is 0 Å². The topological polar surface area (TPSA) is 76.0 Å². The molecule has 0 saturated heterocycles. The van der Waals surface area contributed by atoms with Crippen molar-refractivity contribution in [2.75, 3.05) is 20.1 Å². The lowest BCUT2D eigenvalue weighted by molar-refractivity contribution is 0.142. The highest BCUT2D eigenvalue weighted by Gasteiger charge is 2.03. The molecule has 0 aliphatic heterocycles. The lowest BCUT2D eigenvalue weighted by Crippen LogP contribution is -2.39. The lowest BCUT2D eigenvalue weighted by Gasteiger charge is -2.19. The third kappa shape index (κ3) is 5.04. The zero-order valence-electron chi connectivity index (χ0n) is 10.2. The fourth-order valence-corrected chi connectivity index (χ4v) is 1.39. The molecule has 96 valence electrons. The molecule has 0 spiro atoms. The van der Waals surface area contributed by atoms with E-state index in [4.69, 9.17) is 10.2 Å². The van der Waals surface area contributed by atoms with E-state index >= 15 is 0 Å². The van der Waals surface area contributed by atoms with Crippen LogP contribution in [0.5, 0.6) is 11.5 Å². The van der Waals surface area contributed by atoms with Crippen LogP contribution in [-0.2, 0) is 6.42 Å². The van der Waals surface area contributed by atoms with E-state index in [0.29, 0.717) is 6.54 Å². The number of nitrogens with one attached hydrogen (secondary N) is 1. The molecule has 1 aromatic rings. The Bertz CT molecular complexity index is 356. The Morgan fingerprint density at radius 3 is 2.59 bits per heavy atom. The third-order valence-electron chi connectivity index (χ3n) is 2.43. The molecule has 0 aromatic heterocycles. The average Bonchev–Trinajstić information content (AvgIpc) is 2.28. The Balaban J connectivity index is 2.36. The normalized spacial score (nSPS) is 12.9. The van der Waals surface area contributed by atoms with E-state index in [0.717, 1.165) is 18.5 Å². The number of rotatable bonds is 6. The van der Waals surface area contributed by atoms with Crippen LogP contribution >= 0.6 is 0 Å². The van der Waals surface area contributed by atoms with Gasteiger partial charge in [0.2, 0.25) is 0 Å². The molecule has 0 aliphatic carbocycles. The van der Waals surface area contributed by atoms with Crippen molar-refractivity contribution in [2.45, 2.75) is 19.4 Å². The van der Waals surface area contributed by atoms with Crippen molar-refractivity contribution in [3.63, 3.8) is 0 Å². The molecule has 1 rings (SSSR count). The maximum atomic E-state index is 9.33. The molecular weight excluding hydrogens is 220 g/mol. The summed E-state index contributed by atoms with van der Waals surface area (Å²) in [6.45, 7) is 2.98. The molecule has 0 radical (unpaired) electrons. The summed E-state index contributed by atoms with van der Waals surface area (Å²) in [5, 5.41) is 29.5. The maximum Gasteiger partial charge on any atom is 0.157 e. The molecule has 1 aromatic carbocycles. The predicted molar refractivity (Wildman–Crippen MR) is 65.8 cm³/mol. The maximum absolute atomic E-state index is 9.33. The van der Waals surface area contributed by atoms with Crippen LogP contribution in [0.25, 0.3) is 0 Å². The van der Waals surface area contributed by atoms with Crippen LogP contribution < -0.4 is 5.43 Å². The van der Waals surface area contributed by atoms with Crippen LogP contribution in [0, 0.1) is 0 Å². The second-order valence-electron chi connectivity index (χ2n) is 4.21. The number of hydrogen-bond acceptors (Lipinski definition) is 5. The second kappa shape index (κ2) is 6.44. The van der Waals surface area contributed by atoms with E-state index in [2.05, 4.69) is 5.43 Å². The number of nitrogens with zero attached hydrogens (tertiary/aromatic N) is 1. The van der Waals surface area contributed by atoms with Crippen LogP contribution in [0.3, 0.4) is 0 Å². The first-order valence-electron chi connectivity index (χ1n) is 5.62. The van der Waals surface area contributed by atoms with Crippen molar-refractivity contribution in [3.8, 4) is 11.5 Å². The van der Waals surface area contributed by atoms with E-state index in [1.54, 1.807) is 19.1 Å². The van der Waals surface area contributed by atoms with Gasteiger partial charge in [0, 0.05) is 20.1 Å². The molecule has 17 heavy (non-hydrogen) atoms. The number of aromatic hydroxyl groups is 2. The Hall–Kier alpha value is -1.30. The molecule has 0 aliphatic rings. The number of phenolic OH excluding ortho intramolecular Hbond substituents is 2. The van der Waals surface area contributed by atoms with E-state index in [-0.39, 0.29) is 17.6 Å². The van der Waals surface area contributed by atoms with Crippen molar-refractivity contribution < 1.29 is 15.3 Å². The smallest absolute Gasteiger partial charge is 0.157 e. The van der Waals surface area contributed by atoms with Crippen molar-refractivity contribution in [1.29, 1.82) is 0 Å². The number of aliphatic hydroxyl groups is 1. The van der Waals surface area contributed by atoms with Gasteiger partial charge in [-0.3, -0.25) is 5.43 Å². The first kappa shape index (κ1) is 13.8. The summed E-state index contributed by atoms with van der Waals surface area (Å²) in [4.78, 5) is 0. The highest BCUT2D eigenvalue weighted by atomic mass is 16.3. The molecule has 1 atom stereocenters. The van der Waals surface area contributed by atoms with Crippen molar-refractivity contribution in [1.82, 2.24) is 10.4 Å². The van der Waals surface area contributed by atoms with Gasteiger partial charge in [-0.05, 0) is 31.0 Å². The van der Waals surface area contributed by atoms with Gasteiger partial charge in [0.25, 0.3) is 0 Å². The fourth-order valence-electron chi connectivity index (χ4n) is 1.39. The summed E-state index contributed by atoms with van der Waals surface area (Å²) in [7, 11) is 1.89. The van der Waals surface area contributed by atoms with Crippen LogP contribution in [0.4, 0.5) is 0 Å². The van der Waals surface area contributed by atoms with Gasteiger partial charge in [-0.25, -0.2) is 5.01 Å². The summed E-state index contributed by atoms with van der Waals surface area (Å²) >= 11 is 0. The number of benzene rings is 1. The quantitative estimate of drug-likeness (QED) is 0.429. The van der Waals surface area contributed by atoms with E-state index in [1.165, 1.54) is 6.07 Å². The Kier molecular flexibility index (Phi) is 5.21. The molecule has 0 unspecified atom stereocenters. The predicted octanol–water partition coefficient (Wildman–Crippen LogP) is 0.458. The zero-order chi connectivity index (χ0) is 12.8. The summed E-state index contributed by atoms with van der Waals surface area (Å²) in [5.41, 5.74) is 4.00. The summed E-state index contributed by atoms with van der Waals surface area (Å²) in [6, 6.07) is 4.81. The minimum absolute atomic E-state index is 0.0953. The lowest BCUT2D eigenvalue weighted by atomic mass is 10.1. The molecule has 0 amide bonds. The van der Waals surface area contributed by atoms with Crippen molar-refractivity contribution in [3.05, 3.63) is 23.8 Å². The number of hydrazine groups is 1. The zero-order valence-corrected chi connectivity index (χ0v) is 10.2. The van der Waals surface area contributed by atoms with Gasteiger partial charge in [0.05, 0.1) is 6.10 Å². The third-order valence-corrected chi connectivity index (χ3v) is 2.43.